The predicted octanol–water partition coefficient (Wildman–Crippen LogP) is 7.87. The molecule has 5 nitrogen and oxygen atoms in total. The largest absolute Gasteiger partial charge is 0.508 e. The normalized spacial score (nSPS) is 14.7. The summed E-state index contributed by atoms with van der Waals surface area (Å²) in [6.07, 6.45) is 5.92. The van der Waals surface area contributed by atoms with Gasteiger partial charge in [-0.05, 0) is 82.6 Å². The Balaban J connectivity index is 1.13. The summed E-state index contributed by atoms with van der Waals surface area (Å²) >= 11 is 0. The van der Waals surface area contributed by atoms with Crippen molar-refractivity contribution in [2.45, 2.75) is 31.5 Å². The van der Waals surface area contributed by atoms with Gasteiger partial charge in [0.15, 0.2) is 0 Å². The van der Waals surface area contributed by atoms with Crippen molar-refractivity contribution in [3.8, 4) is 28.0 Å². The van der Waals surface area contributed by atoms with Crippen molar-refractivity contribution in [3.63, 3.8) is 0 Å². The van der Waals surface area contributed by atoms with E-state index in [1.807, 2.05) is 36.7 Å². The Morgan fingerprint density at radius 3 is 2.47 bits per heavy atom. The molecule has 8 rings (SSSR count). The zero-order valence-electron chi connectivity index (χ0n) is 23.4. The zero-order valence-corrected chi connectivity index (χ0v) is 23.4. The van der Waals surface area contributed by atoms with Crippen molar-refractivity contribution in [2.75, 3.05) is 0 Å². The number of nitrogens with one attached hydrogen (secondary N) is 2. The molecule has 210 valence electrons. The van der Waals surface area contributed by atoms with Crippen LogP contribution in [0.5, 0.6) is 5.75 Å². The number of hydrogen-bond donors (Lipinski definition) is 3. The minimum Gasteiger partial charge on any atom is -0.508 e. The number of aliphatic imine (C=N–C) groups is 1. The molecule has 1 fully saturated rings. The van der Waals surface area contributed by atoms with Crippen LogP contribution >= 0.6 is 0 Å². The van der Waals surface area contributed by atoms with Crippen molar-refractivity contribution < 1.29 is 9.50 Å². The van der Waals surface area contributed by atoms with E-state index in [1.54, 1.807) is 6.07 Å². The molecule has 6 heteroatoms. The van der Waals surface area contributed by atoms with Gasteiger partial charge in [0.05, 0.1) is 16.9 Å². The fourth-order valence-electron chi connectivity index (χ4n) is 6.32. The summed E-state index contributed by atoms with van der Waals surface area (Å²) in [6.45, 7) is 1.54. The third kappa shape index (κ3) is 4.70. The summed E-state index contributed by atoms with van der Waals surface area (Å²) in [5, 5.41) is 14.5. The van der Waals surface area contributed by atoms with Gasteiger partial charge in [-0.2, -0.15) is 0 Å². The third-order valence-electron chi connectivity index (χ3n) is 8.57. The molecule has 0 unspecified atom stereocenters. The Kier molecular flexibility index (Phi) is 5.98. The SMILES string of the molecule is Oc1cc(F)cc(-c2cccc3[nH]c(C4=NC5(CC5)c5ccc(-c6cncc(CNCc7ccccc7)c6)cc54)cc23)c1. The standard InChI is InChI=1S/C37H29FN4O/c38-28-14-26(15-29(43)17-28)30-7-4-8-34-31(30)18-35(41-34)36-32-16-25(9-10-33(32)37(42-36)11-12-37)27-13-24(21-40-22-27)20-39-19-23-5-2-1-3-6-23/h1-10,13-18,21-22,39,41,43H,11-12,19-20H2. The van der Waals surface area contributed by atoms with Crippen molar-refractivity contribution in [2.24, 2.45) is 4.99 Å². The van der Waals surface area contributed by atoms with Gasteiger partial charge in [0.25, 0.3) is 0 Å². The van der Waals surface area contributed by atoms with Gasteiger partial charge in [0.2, 0.25) is 0 Å². The Labute approximate surface area is 248 Å². The van der Waals surface area contributed by atoms with Gasteiger partial charge in [-0.1, -0.05) is 54.6 Å². The maximum absolute atomic E-state index is 14.2. The lowest BCUT2D eigenvalue weighted by atomic mass is 9.94. The minimum absolute atomic E-state index is 0.0920. The molecule has 1 spiro atoms. The molecule has 0 saturated heterocycles. The molecule has 0 radical (unpaired) electrons. The second-order valence-corrected chi connectivity index (χ2v) is 11.6. The molecular formula is C37H29FN4O. The maximum Gasteiger partial charge on any atom is 0.127 e. The first-order valence-corrected chi connectivity index (χ1v) is 14.6. The molecule has 6 aromatic rings. The Morgan fingerprint density at radius 2 is 1.63 bits per heavy atom. The number of rotatable bonds is 7. The number of aromatic amines is 1. The second kappa shape index (κ2) is 10.0. The van der Waals surface area contributed by atoms with Gasteiger partial charge in [-0.15, -0.1) is 0 Å². The topological polar surface area (TPSA) is 73.3 Å². The number of phenolic OH excluding ortho intramolecular Hbond substituents is 1. The molecule has 4 aromatic carbocycles. The highest BCUT2D eigenvalue weighted by atomic mass is 19.1. The lowest BCUT2D eigenvalue weighted by molar-refractivity contribution is 0.469. The van der Waals surface area contributed by atoms with E-state index in [-0.39, 0.29) is 11.3 Å². The molecule has 2 aliphatic rings. The van der Waals surface area contributed by atoms with E-state index in [2.05, 4.69) is 69.9 Å². The summed E-state index contributed by atoms with van der Waals surface area (Å²) in [5.74, 6) is -0.559. The molecule has 2 aromatic heterocycles. The molecule has 0 atom stereocenters. The van der Waals surface area contributed by atoms with Crippen LogP contribution in [0.2, 0.25) is 0 Å². The maximum atomic E-state index is 14.2. The molecule has 0 amide bonds. The number of aromatic hydroxyl groups is 1. The molecule has 3 heterocycles. The predicted molar refractivity (Wildman–Crippen MR) is 169 cm³/mol. The lowest BCUT2D eigenvalue weighted by Crippen LogP contribution is -2.12. The van der Waals surface area contributed by atoms with Crippen LogP contribution in [0.25, 0.3) is 33.2 Å². The lowest BCUT2D eigenvalue weighted by Gasteiger charge is -2.11. The van der Waals surface area contributed by atoms with Crippen molar-refractivity contribution >= 4 is 16.6 Å². The van der Waals surface area contributed by atoms with Gasteiger partial charge in [0, 0.05) is 53.6 Å². The van der Waals surface area contributed by atoms with E-state index in [1.165, 1.54) is 17.2 Å². The summed E-state index contributed by atoms with van der Waals surface area (Å²) in [6, 6.07) is 31.4. The van der Waals surface area contributed by atoms with E-state index in [0.29, 0.717) is 5.56 Å². The van der Waals surface area contributed by atoms with Crippen molar-refractivity contribution in [3.05, 3.63) is 143 Å². The van der Waals surface area contributed by atoms with Crippen LogP contribution in [-0.4, -0.2) is 20.8 Å². The van der Waals surface area contributed by atoms with Gasteiger partial charge in [-0.3, -0.25) is 9.98 Å². The fourth-order valence-corrected chi connectivity index (χ4v) is 6.32. The summed E-state index contributed by atoms with van der Waals surface area (Å²) < 4.78 is 14.2. The highest BCUT2D eigenvalue weighted by Crippen LogP contribution is 2.55. The van der Waals surface area contributed by atoms with Crippen LogP contribution in [0.4, 0.5) is 4.39 Å². The number of phenols is 1. The van der Waals surface area contributed by atoms with E-state index in [0.717, 1.165) is 82.1 Å². The first-order chi connectivity index (χ1) is 21.0. The molecule has 1 aliphatic heterocycles. The number of hydrogen-bond acceptors (Lipinski definition) is 4. The highest BCUT2D eigenvalue weighted by molar-refractivity contribution is 6.18. The monoisotopic (exact) mass is 564 g/mol. The van der Waals surface area contributed by atoms with E-state index >= 15 is 0 Å². The molecule has 43 heavy (non-hydrogen) atoms. The number of pyridine rings is 1. The summed E-state index contributed by atoms with van der Waals surface area (Å²) in [5.41, 5.74) is 11.1. The van der Waals surface area contributed by atoms with Crippen LogP contribution in [0, 0.1) is 5.82 Å². The van der Waals surface area contributed by atoms with Gasteiger partial charge < -0.3 is 15.4 Å². The Hall–Kier alpha value is -5.07. The molecule has 1 saturated carbocycles. The molecule has 0 bridgehead atoms. The second-order valence-electron chi connectivity index (χ2n) is 11.6. The first kappa shape index (κ1) is 25.6. The number of benzene rings is 4. The fraction of sp³-hybridized carbons (Fsp3) is 0.135. The average Bonchev–Trinajstić information content (AvgIpc) is 3.55. The summed E-state index contributed by atoms with van der Waals surface area (Å²) in [4.78, 5) is 13.4. The average molecular weight is 565 g/mol. The highest BCUT2D eigenvalue weighted by Gasteiger charge is 2.50. The van der Waals surface area contributed by atoms with Gasteiger partial charge in [0.1, 0.15) is 11.6 Å². The number of halogens is 1. The van der Waals surface area contributed by atoms with Crippen LogP contribution in [0.3, 0.4) is 0 Å². The minimum atomic E-state index is -0.467. The molecule has 1 aliphatic carbocycles. The smallest absolute Gasteiger partial charge is 0.127 e. The van der Waals surface area contributed by atoms with Crippen LogP contribution in [0.1, 0.15) is 40.8 Å². The Morgan fingerprint density at radius 1 is 0.767 bits per heavy atom. The zero-order chi connectivity index (χ0) is 29.0. The molecular weight excluding hydrogens is 535 g/mol. The van der Waals surface area contributed by atoms with E-state index < -0.39 is 5.82 Å². The quantitative estimate of drug-likeness (QED) is 0.185. The van der Waals surface area contributed by atoms with Gasteiger partial charge >= 0.3 is 0 Å². The molecule has 3 N–H and O–H groups in total. The number of nitrogens with zero attached hydrogens (tertiary/aromatic N) is 2. The number of fused-ring (bicyclic) bond motifs is 3. The van der Waals surface area contributed by atoms with Crippen molar-refractivity contribution in [1.82, 2.24) is 15.3 Å². The van der Waals surface area contributed by atoms with E-state index in [4.69, 9.17) is 4.99 Å². The van der Waals surface area contributed by atoms with Crippen LogP contribution in [-0.2, 0) is 18.6 Å². The van der Waals surface area contributed by atoms with Crippen LogP contribution in [0.15, 0.2) is 114 Å². The van der Waals surface area contributed by atoms with Crippen molar-refractivity contribution in [1.29, 1.82) is 0 Å². The third-order valence-corrected chi connectivity index (χ3v) is 8.57. The first-order valence-electron chi connectivity index (χ1n) is 14.6. The van der Waals surface area contributed by atoms with Crippen LogP contribution < -0.4 is 5.32 Å². The van der Waals surface area contributed by atoms with Gasteiger partial charge in [-0.25, -0.2) is 4.39 Å². The number of aromatic nitrogens is 2. The Bertz CT molecular complexity index is 2020. The number of H-pyrrole nitrogens is 1. The van der Waals surface area contributed by atoms with E-state index in [9.17, 15) is 9.50 Å². The summed E-state index contributed by atoms with van der Waals surface area (Å²) in [7, 11) is 0.